The molecule has 0 saturated carbocycles. The summed E-state index contributed by atoms with van der Waals surface area (Å²) in [5.41, 5.74) is 1.70. The van der Waals surface area contributed by atoms with Gasteiger partial charge in [-0.1, -0.05) is 26.0 Å². The number of thiazole rings is 2. The molecular weight excluding hydrogens is 380 g/mol. The van der Waals surface area contributed by atoms with E-state index >= 15 is 0 Å². The average Bonchev–Trinajstić information content (AvgIpc) is 3.24. The normalized spacial score (nSPS) is 11.1. The minimum Gasteiger partial charge on any atom is -0.356 e. The van der Waals surface area contributed by atoms with E-state index in [1.54, 1.807) is 16.7 Å². The molecule has 0 unspecified atom stereocenters. The van der Waals surface area contributed by atoms with Gasteiger partial charge in [-0.05, 0) is 18.6 Å². The summed E-state index contributed by atoms with van der Waals surface area (Å²) < 4.78 is 1.19. The smallest absolute Gasteiger partial charge is 0.228 e. The van der Waals surface area contributed by atoms with Gasteiger partial charge in [0.2, 0.25) is 11.8 Å². The molecule has 2 N–H and O–H groups in total. The molecule has 0 atom stereocenters. The van der Waals surface area contributed by atoms with Crippen LogP contribution < -0.4 is 10.6 Å². The highest BCUT2D eigenvalue weighted by Gasteiger charge is 2.12. The lowest BCUT2D eigenvalue weighted by Gasteiger charge is -2.04. The number of carbonyl (C=O) groups excluding carboxylic acids is 2. The number of rotatable bonds is 8. The van der Waals surface area contributed by atoms with Gasteiger partial charge in [-0.3, -0.25) is 9.59 Å². The Labute approximate surface area is 166 Å². The summed E-state index contributed by atoms with van der Waals surface area (Å²) in [6, 6.07) is 8.10. The molecule has 3 rings (SSSR count). The second kappa shape index (κ2) is 9.05. The van der Waals surface area contributed by atoms with Gasteiger partial charge in [0, 0.05) is 24.3 Å². The lowest BCUT2D eigenvalue weighted by Crippen LogP contribution is -2.26. The number of hydrogen-bond donors (Lipinski definition) is 2. The van der Waals surface area contributed by atoms with Crippen molar-refractivity contribution < 1.29 is 9.59 Å². The van der Waals surface area contributed by atoms with Gasteiger partial charge in [0.1, 0.15) is 0 Å². The van der Waals surface area contributed by atoms with E-state index in [4.69, 9.17) is 0 Å². The van der Waals surface area contributed by atoms with E-state index < -0.39 is 0 Å². The summed E-state index contributed by atoms with van der Waals surface area (Å²) in [6.07, 6.45) is 1.91. The molecule has 2 heterocycles. The Bertz CT molecular complexity index is 900. The highest BCUT2D eigenvalue weighted by molar-refractivity contribution is 7.18. The minimum atomic E-state index is -0.101. The molecule has 27 heavy (non-hydrogen) atoms. The summed E-state index contributed by atoms with van der Waals surface area (Å²) in [4.78, 5) is 32.6. The van der Waals surface area contributed by atoms with E-state index in [9.17, 15) is 9.59 Å². The van der Waals surface area contributed by atoms with Crippen LogP contribution in [0.4, 0.5) is 5.13 Å². The van der Waals surface area contributed by atoms with Crippen LogP contribution in [0.15, 0.2) is 29.6 Å². The Morgan fingerprint density at radius 1 is 1.19 bits per heavy atom. The maximum atomic E-state index is 12.1. The first kappa shape index (κ1) is 19.4. The Kier molecular flexibility index (Phi) is 6.52. The van der Waals surface area contributed by atoms with Gasteiger partial charge in [-0.15, -0.1) is 22.7 Å². The minimum absolute atomic E-state index is 0.0636. The third-order valence-corrected chi connectivity index (χ3v) is 5.78. The zero-order valence-electron chi connectivity index (χ0n) is 15.3. The van der Waals surface area contributed by atoms with Crippen LogP contribution in [0.5, 0.6) is 0 Å². The number of para-hydroxylation sites is 1. The van der Waals surface area contributed by atoms with Crippen molar-refractivity contribution >= 4 is 49.8 Å². The number of aryl methyl sites for hydroxylation is 1. The fraction of sp³-hybridized carbons (Fsp3) is 0.368. The lowest BCUT2D eigenvalue weighted by atomic mass is 10.2. The van der Waals surface area contributed by atoms with Gasteiger partial charge in [0.05, 0.1) is 27.3 Å². The summed E-state index contributed by atoms with van der Waals surface area (Å²) in [7, 11) is 0. The van der Waals surface area contributed by atoms with Gasteiger partial charge in [-0.25, -0.2) is 9.97 Å². The van der Waals surface area contributed by atoms with Crippen molar-refractivity contribution in [2.75, 3.05) is 11.9 Å². The summed E-state index contributed by atoms with van der Waals surface area (Å²) in [5, 5.41) is 9.10. The Balaban J connectivity index is 1.39. The van der Waals surface area contributed by atoms with Crippen molar-refractivity contribution in [2.24, 2.45) is 5.92 Å². The van der Waals surface area contributed by atoms with E-state index in [1.165, 1.54) is 16.0 Å². The van der Waals surface area contributed by atoms with Crippen molar-refractivity contribution in [3.05, 3.63) is 40.3 Å². The molecule has 0 saturated heterocycles. The zero-order chi connectivity index (χ0) is 19.2. The van der Waals surface area contributed by atoms with Crippen LogP contribution in [-0.2, 0) is 22.4 Å². The van der Waals surface area contributed by atoms with Crippen LogP contribution >= 0.6 is 22.7 Å². The molecule has 0 aliphatic heterocycles. The highest BCUT2D eigenvalue weighted by Crippen LogP contribution is 2.22. The molecule has 0 spiro atoms. The maximum Gasteiger partial charge on any atom is 0.228 e. The molecule has 0 aliphatic carbocycles. The van der Waals surface area contributed by atoms with E-state index in [2.05, 4.69) is 26.7 Å². The van der Waals surface area contributed by atoms with Crippen LogP contribution in [-0.4, -0.2) is 28.3 Å². The second-order valence-corrected chi connectivity index (χ2v) is 8.47. The fourth-order valence-electron chi connectivity index (χ4n) is 2.42. The number of carbonyl (C=O) groups is 2. The predicted octanol–water partition coefficient (Wildman–Crippen LogP) is 3.64. The first-order valence-corrected chi connectivity index (χ1v) is 10.6. The molecule has 3 aromatic rings. The van der Waals surface area contributed by atoms with Gasteiger partial charge in [0.15, 0.2) is 5.13 Å². The molecular formula is C19H22N4O2S2. The standard InChI is InChI=1S/C19H22N4O2S2/c1-12(2)18(25)23-19-21-13(11-26-19)10-16(24)20-9-5-8-17-22-14-6-3-4-7-15(14)27-17/h3-4,6-7,11-12H,5,8-10H2,1-2H3,(H,20,24)(H,21,23,25). The first-order chi connectivity index (χ1) is 13.0. The topological polar surface area (TPSA) is 84.0 Å². The van der Waals surface area contributed by atoms with Crippen molar-refractivity contribution in [2.45, 2.75) is 33.1 Å². The number of nitrogens with one attached hydrogen (secondary N) is 2. The molecule has 0 fully saturated rings. The first-order valence-electron chi connectivity index (χ1n) is 8.87. The van der Waals surface area contributed by atoms with E-state index in [-0.39, 0.29) is 24.2 Å². The van der Waals surface area contributed by atoms with Crippen LogP contribution in [0.3, 0.4) is 0 Å². The van der Waals surface area contributed by atoms with Gasteiger partial charge in [-0.2, -0.15) is 0 Å². The van der Waals surface area contributed by atoms with Crippen molar-refractivity contribution in [3.63, 3.8) is 0 Å². The predicted molar refractivity (Wildman–Crippen MR) is 110 cm³/mol. The molecule has 0 bridgehead atoms. The lowest BCUT2D eigenvalue weighted by molar-refractivity contribution is -0.120. The van der Waals surface area contributed by atoms with E-state index in [0.29, 0.717) is 17.4 Å². The van der Waals surface area contributed by atoms with E-state index in [0.717, 1.165) is 23.4 Å². The van der Waals surface area contributed by atoms with Crippen LogP contribution in [0.25, 0.3) is 10.2 Å². The van der Waals surface area contributed by atoms with E-state index in [1.807, 2.05) is 32.0 Å². The van der Waals surface area contributed by atoms with Crippen molar-refractivity contribution in [3.8, 4) is 0 Å². The molecule has 0 aliphatic rings. The summed E-state index contributed by atoms with van der Waals surface area (Å²) in [6.45, 7) is 4.26. The molecule has 2 amide bonds. The molecule has 8 heteroatoms. The Hall–Kier alpha value is -2.32. The number of nitrogens with zero attached hydrogens (tertiary/aromatic N) is 2. The van der Waals surface area contributed by atoms with Gasteiger partial charge >= 0.3 is 0 Å². The average molecular weight is 403 g/mol. The van der Waals surface area contributed by atoms with Gasteiger partial charge < -0.3 is 10.6 Å². The Morgan fingerprint density at radius 2 is 2.00 bits per heavy atom. The Morgan fingerprint density at radius 3 is 2.78 bits per heavy atom. The molecule has 1 aromatic carbocycles. The zero-order valence-corrected chi connectivity index (χ0v) is 17.0. The number of amides is 2. The maximum absolute atomic E-state index is 12.1. The molecule has 142 valence electrons. The van der Waals surface area contributed by atoms with Crippen molar-refractivity contribution in [1.29, 1.82) is 0 Å². The second-order valence-electron chi connectivity index (χ2n) is 6.49. The fourth-order valence-corrected chi connectivity index (χ4v) is 4.14. The summed E-state index contributed by atoms with van der Waals surface area (Å²) in [5.74, 6) is -0.238. The third-order valence-electron chi connectivity index (χ3n) is 3.88. The number of benzene rings is 1. The number of anilines is 1. The van der Waals surface area contributed by atoms with Gasteiger partial charge in [0.25, 0.3) is 0 Å². The molecule has 6 nitrogen and oxygen atoms in total. The summed E-state index contributed by atoms with van der Waals surface area (Å²) >= 11 is 3.04. The number of hydrogen-bond acceptors (Lipinski definition) is 6. The SMILES string of the molecule is CC(C)C(=O)Nc1nc(CC(=O)NCCCc2nc3ccccc3s2)cs1. The number of fused-ring (bicyclic) bond motifs is 1. The van der Waals surface area contributed by atoms with Crippen LogP contribution in [0.2, 0.25) is 0 Å². The molecule has 2 aromatic heterocycles. The largest absolute Gasteiger partial charge is 0.356 e. The molecule has 0 radical (unpaired) electrons. The third kappa shape index (κ3) is 5.58. The van der Waals surface area contributed by atoms with Crippen LogP contribution in [0, 0.1) is 5.92 Å². The van der Waals surface area contributed by atoms with Crippen molar-refractivity contribution in [1.82, 2.24) is 15.3 Å². The highest BCUT2D eigenvalue weighted by atomic mass is 32.1. The monoisotopic (exact) mass is 402 g/mol. The quantitative estimate of drug-likeness (QED) is 0.564. The number of aromatic nitrogens is 2. The van der Waals surface area contributed by atoms with Crippen LogP contribution in [0.1, 0.15) is 31.0 Å².